The van der Waals surface area contributed by atoms with Gasteiger partial charge in [0.25, 0.3) is 0 Å². The van der Waals surface area contributed by atoms with Crippen molar-refractivity contribution in [3.05, 3.63) is 0 Å². The third-order valence-corrected chi connectivity index (χ3v) is 2.66. The van der Waals surface area contributed by atoms with Crippen LogP contribution in [0.3, 0.4) is 0 Å². The fraction of sp³-hybridized carbons (Fsp3) is 1.00. The van der Waals surface area contributed by atoms with Gasteiger partial charge in [-0.1, -0.05) is 6.92 Å². The molecule has 0 bridgehead atoms. The van der Waals surface area contributed by atoms with Gasteiger partial charge in [0.15, 0.2) is 0 Å². The molecule has 0 aromatic rings. The molecule has 4 heteroatoms. The third kappa shape index (κ3) is 13.9. The first-order valence-electron chi connectivity index (χ1n) is 7.20. The summed E-state index contributed by atoms with van der Waals surface area (Å²) in [6.07, 6.45) is 4.77. The van der Waals surface area contributed by atoms with E-state index in [0.29, 0.717) is 19.3 Å². The highest BCUT2D eigenvalue weighted by Crippen LogP contribution is 2.00. The van der Waals surface area contributed by atoms with E-state index in [0.717, 1.165) is 39.1 Å². The van der Waals surface area contributed by atoms with Gasteiger partial charge in [0, 0.05) is 20.3 Å². The van der Waals surface area contributed by atoms with Crippen LogP contribution in [-0.4, -0.2) is 52.7 Å². The largest absolute Gasteiger partial charge is 0.385 e. The molecular formula is C14H31NO3. The molecule has 0 aliphatic carbocycles. The monoisotopic (exact) mass is 261 g/mol. The molecule has 0 heterocycles. The number of hydrogen-bond acceptors (Lipinski definition) is 4. The van der Waals surface area contributed by atoms with Crippen molar-refractivity contribution in [2.24, 2.45) is 0 Å². The summed E-state index contributed by atoms with van der Waals surface area (Å²) in [6.45, 7) is 9.42. The van der Waals surface area contributed by atoms with E-state index in [-0.39, 0.29) is 0 Å². The van der Waals surface area contributed by atoms with Gasteiger partial charge in [0.2, 0.25) is 0 Å². The summed E-state index contributed by atoms with van der Waals surface area (Å²) < 4.78 is 16.0. The standard InChI is InChI=1S/C14H31NO3/c1-4-8-15-9-5-7-14(2)18-13-12-17-11-6-10-16-3/h14-15H,4-13H2,1-3H3. The van der Waals surface area contributed by atoms with Crippen LogP contribution in [0.4, 0.5) is 0 Å². The predicted molar refractivity (Wildman–Crippen MR) is 75.1 cm³/mol. The predicted octanol–water partition coefficient (Wildman–Crippen LogP) is 2.22. The average Bonchev–Trinajstić information content (AvgIpc) is 2.37. The highest BCUT2D eigenvalue weighted by molar-refractivity contribution is 4.53. The molecule has 4 nitrogen and oxygen atoms in total. The zero-order valence-electron chi connectivity index (χ0n) is 12.4. The Bertz CT molecular complexity index is 156. The summed E-state index contributed by atoms with van der Waals surface area (Å²) in [7, 11) is 1.71. The van der Waals surface area contributed by atoms with Gasteiger partial charge in [-0.3, -0.25) is 0 Å². The van der Waals surface area contributed by atoms with Gasteiger partial charge in [0.05, 0.1) is 19.3 Å². The summed E-state index contributed by atoms with van der Waals surface area (Å²) >= 11 is 0. The van der Waals surface area contributed by atoms with Crippen molar-refractivity contribution in [2.45, 2.75) is 45.6 Å². The number of nitrogens with one attached hydrogen (secondary N) is 1. The highest BCUT2D eigenvalue weighted by Gasteiger charge is 2.01. The van der Waals surface area contributed by atoms with Crippen LogP contribution in [0.15, 0.2) is 0 Å². The van der Waals surface area contributed by atoms with E-state index >= 15 is 0 Å². The third-order valence-electron chi connectivity index (χ3n) is 2.66. The minimum absolute atomic E-state index is 0.330. The fourth-order valence-electron chi connectivity index (χ4n) is 1.62. The Kier molecular flexibility index (Phi) is 14.8. The number of hydrogen-bond donors (Lipinski definition) is 1. The lowest BCUT2D eigenvalue weighted by Gasteiger charge is -2.13. The van der Waals surface area contributed by atoms with Crippen molar-refractivity contribution in [2.75, 3.05) is 46.6 Å². The van der Waals surface area contributed by atoms with Crippen LogP contribution < -0.4 is 5.32 Å². The Morgan fingerprint density at radius 2 is 1.83 bits per heavy atom. The van der Waals surface area contributed by atoms with E-state index in [1.807, 2.05) is 0 Å². The Hall–Kier alpha value is -0.160. The molecule has 1 atom stereocenters. The lowest BCUT2D eigenvalue weighted by Crippen LogP contribution is -2.19. The van der Waals surface area contributed by atoms with E-state index in [4.69, 9.17) is 14.2 Å². The SMILES string of the molecule is CCCNCCCC(C)OCCOCCCOC. The molecule has 1 unspecified atom stereocenters. The maximum atomic E-state index is 5.67. The first kappa shape index (κ1) is 17.8. The molecular weight excluding hydrogens is 230 g/mol. The van der Waals surface area contributed by atoms with Gasteiger partial charge in [-0.15, -0.1) is 0 Å². The maximum absolute atomic E-state index is 5.67. The van der Waals surface area contributed by atoms with Gasteiger partial charge in [-0.25, -0.2) is 0 Å². The van der Waals surface area contributed by atoms with Crippen molar-refractivity contribution in [1.82, 2.24) is 5.32 Å². The molecule has 0 radical (unpaired) electrons. The highest BCUT2D eigenvalue weighted by atomic mass is 16.5. The minimum Gasteiger partial charge on any atom is -0.385 e. The average molecular weight is 261 g/mol. The van der Waals surface area contributed by atoms with Crippen LogP contribution in [0.5, 0.6) is 0 Å². The molecule has 1 N–H and O–H groups in total. The molecule has 0 fully saturated rings. The quantitative estimate of drug-likeness (QED) is 0.487. The van der Waals surface area contributed by atoms with E-state index < -0.39 is 0 Å². The molecule has 0 rings (SSSR count). The van der Waals surface area contributed by atoms with Crippen LogP contribution in [0.2, 0.25) is 0 Å². The first-order valence-corrected chi connectivity index (χ1v) is 7.20. The molecule has 0 saturated carbocycles. The molecule has 0 spiro atoms. The maximum Gasteiger partial charge on any atom is 0.0704 e. The van der Waals surface area contributed by atoms with Crippen LogP contribution in [-0.2, 0) is 14.2 Å². The molecule has 0 saturated heterocycles. The summed E-state index contributed by atoms with van der Waals surface area (Å²) in [6, 6.07) is 0. The van der Waals surface area contributed by atoms with Crippen molar-refractivity contribution in [3.8, 4) is 0 Å². The van der Waals surface area contributed by atoms with Crippen molar-refractivity contribution >= 4 is 0 Å². The van der Waals surface area contributed by atoms with Crippen LogP contribution in [0.25, 0.3) is 0 Å². The van der Waals surface area contributed by atoms with Crippen LogP contribution in [0, 0.1) is 0 Å². The molecule has 110 valence electrons. The van der Waals surface area contributed by atoms with Crippen LogP contribution >= 0.6 is 0 Å². The molecule has 0 aromatic carbocycles. The Morgan fingerprint density at radius 1 is 1.00 bits per heavy atom. The fourth-order valence-corrected chi connectivity index (χ4v) is 1.62. The normalized spacial score (nSPS) is 12.8. The van der Waals surface area contributed by atoms with Gasteiger partial charge in [-0.2, -0.15) is 0 Å². The van der Waals surface area contributed by atoms with Crippen molar-refractivity contribution < 1.29 is 14.2 Å². The Labute approximate surface area is 112 Å². The summed E-state index contributed by atoms with van der Waals surface area (Å²) in [5, 5.41) is 3.39. The number of methoxy groups -OCH3 is 1. The summed E-state index contributed by atoms with van der Waals surface area (Å²) in [5.41, 5.74) is 0. The second-order valence-corrected chi connectivity index (χ2v) is 4.53. The van der Waals surface area contributed by atoms with Crippen molar-refractivity contribution in [3.63, 3.8) is 0 Å². The second-order valence-electron chi connectivity index (χ2n) is 4.53. The lowest BCUT2D eigenvalue weighted by molar-refractivity contribution is 0.00497. The van der Waals surface area contributed by atoms with E-state index in [9.17, 15) is 0 Å². The summed E-state index contributed by atoms with van der Waals surface area (Å²) in [5.74, 6) is 0. The smallest absolute Gasteiger partial charge is 0.0704 e. The van der Waals surface area contributed by atoms with E-state index in [1.165, 1.54) is 12.8 Å². The zero-order valence-corrected chi connectivity index (χ0v) is 12.4. The lowest BCUT2D eigenvalue weighted by atomic mass is 10.2. The molecule has 0 aromatic heterocycles. The first-order chi connectivity index (χ1) is 8.81. The van der Waals surface area contributed by atoms with E-state index in [2.05, 4.69) is 19.2 Å². The van der Waals surface area contributed by atoms with Gasteiger partial charge >= 0.3 is 0 Å². The van der Waals surface area contributed by atoms with Gasteiger partial charge in [-0.05, 0) is 45.7 Å². The van der Waals surface area contributed by atoms with Gasteiger partial charge in [0.1, 0.15) is 0 Å². The minimum atomic E-state index is 0.330. The Balaban J connectivity index is 3.09. The number of rotatable bonds is 14. The molecule has 0 aliphatic rings. The second kappa shape index (κ2) is 14.9. The molecule has 0 amide bonds. The zero-order chi connectivity index (χ0) is 13.5. The topological polar surface area (TPSA) is 39.7 Å². The molecule has 0 aliphatic heterocycles. The number of ether oxygens (including phenoxy) is 3. The molecule has 18 heavy (non-hydrogen) atoms. The van der Waals surface area contributed by atoms with Crippen molar-refractivity contribution in [1.29, 1.82) is 0 Å². The van der Waals surface area contributed by atoms with Crippen LogP contribution in [0.1, 0.15) is 39.5 Å². The summed E-state index contributed by atoms with van der Waals surface area (Å²) in [4.78, 5) is 0. The van der Waals surface area contributed by atoms with E-state index in [1.54, 1.807) is 7.11 Å². The van der Waals surface area contributed by atoms with Gasteiger partial charge < -0.3 is 19.5 Å². The Morgan fingerprint density at radius 3 is 2.56 bits per heavy atom.